The van der Waals surface area contributed by atoms with Crippen molar-refractivity contribution in [1.82, 2.24) is 25.3 Å². The molecule has 1 atom stereocenters. The summed E-state index contributed by atoms with van der Waals surface area (Å²) in [5.74, 6) is 1.24. The van der Waals surface area contributed by atoms with Gasteiger partial charge in [0.1, 0.15) is 0 Å². The summed E-state index contributed by atoms with van der Waals surface area (Å²) in [7, 11) is 1.79. The lowest BCUT2D eigenvalue weighted by molar-refractivity contribution is 0.193. The first-order valence-electron chi connectivity index (χ1n) is 8.23. The highest BCUT2D eigenvalue weighted by molar-refractivity contribution is 5.74. The van der Waals surface area contributed by atoms with Gasteiger partial charge < -0.3 is 14.7 Å². The molecule has 1 N–H and O–H groups in total. The van der Waals surface area contributed by atoms with Crippen LogP contribution in [0.3, 0.4) is 0 Å². The zero-order valence-corrected chi connectivity index (χ0v) is 14.7. The van der Waals surface area contributed by atoms with Crippen LogP contribution in [0.4, 0.5) is 4.79 Å². The molecule has 0 fully saturated rings. The van der Waals surface area contributed by atoms with Gasteiger partial charge in [0.2, 0.25) is 5.89 Å². The Hall–Kier alpha value is -2.44. The maximum Gasteiger partial charge on any atom is 0.317 e. The number of urea groups is 1. The van der Waals surface area contributed by atoms with E-state index < -0.39 is 0 Å². The van der Waals surface area contributed by atoms with E-state index in [0.29, 0.717) is 31.1 Å². The van der Waals surface area contributed by atoms with Crippen molar-refractivity contribution in [2.24, 2.45) is 0 Å². The molecule has 0 aliphatic carbocycles. The molecule has 0 spiro atoms. The predicted molar refractivity (Wildman–Crippen MR) is 90.7 cm³/mol. The lowest BCUT2D eigenvalue weighted by Crippen LogP contribution is -2.44. The maximum atomic E-state index is 12.2. The van der Waals surface area contributed by atoms with Crippen molar-refractivity contribution in [3.05, 3.63) is 41.3 Å². The summed E-state index contributed by atoms with van der Waals surface area (Å²) in [4.78, 5) is 22.5. The number of aromatic nitrogens is 3. The second-order valence-corrected chi connectivity index (χ2v) is 5.87. The fourth-order valence-corrected chi connectivity index (χ4v) is 2.29. The first-order chi connectivity index (χ1) is 11.5. The summed E-state index contributed by atoms with van der Waals surface area (Å²) in [5.41, 5.74) is 2.16. The number of pyridine rings is 1. The smallest absolute Gasteiger partial charge is 0.317 e. The number of nitrogens with one attached hydrogen (secondary N) is 1. The van der Waals surface area contributed by atoms with Crippen LogP contribution in [0.5, 0.6) is 0 Å². The zero-order chi connectivity index (χ0) is 17.5. The Morgan fingerprint density at radius 1 is 1.46 bits per heavy atom. The lowest BCUT2D eigenvalue weighted by Gasteiger charge is -2.25. The van der Waals surface area contributed by atoms with E-state index in [1.807, 2.05) is 32.9 Å². The van der Waals surface area contributed by atoms with E-state index in [2.05, 4.69) is 20.4 Å². The van der Waals surface area contributed by atoms with Gasteiger partial charge in [-0.05, 0) is 25.5 Å². The molecule has 0 bridgehead atoms. The molecule has 2 aromatic heterocycles. The molecular weight excluding hydrogens is 306 g/mol. The van der Waals surface area contributed by atoms with Gasteiger partial charge in [0.05, 0.1) is 0 Å². The Morgan fingerprint density at radius 3 is 2.92 bits per heavy atom. The quantitative estimate of drug-likeness (QED) is 0.840. The molecule has 0 unspecified atom stereocenters. The normalized spacial score (nSPS) is 12.0. The highest BCUT2D eigenvalue weighted by atomic mass is 16.5. The molecule has 0 aliphatic heterocycles. The number of carbonyl (C=O) groups excluding carboxylic acids is 1. The molecule has 2 aromatic rings. The van der Waals surface area contributed by atoms with Gasteiger partial charge in [-0.1, -0.05) is 18.1 Å². The van der Waals surface area contributed by atoms with Crippen molar-refractivity contribution in [3.8, 4) is 0 Å². The Kier molecular flexibility index (Phi) is 6.28. The molecule has 7 heteroatoms. The summed E-state index contributed by atoms with van der Waals surface area (Å²) >= 11 is 0. The molecular formula is C17H25N5O2. The van der Waals surface area contributed by atoms with E-state index in [0.717, 1.165) is 17.7 Å². The highest BCUT2D eigenvalue weighted by Gasteiger charge is 2.17. The molecule has 2 heterocycles. The van der Waals surface area contributed by atoms with E-state index in [9.17, 15) is 4.79 Å². The van der Waals surface area contributed by atoms with E-state index in [1.165, 1.54) is 0 Å². The number of carbonyl (C=O) groups is 1. The number of amides is 2. The number of likely N-dealkylation sites (N-methyl/N-ethyl adjacent to an activating group) is 1. The minimum Gasteiger partial charge on any atom is -0.339 e. The molecule has 2 amide bonds. The Balaban J connectivity index is 1.79. The van der Waals surface area contributed by atoms with E-state index in [-0.39, 0.29) is 12.1 Å². The van der Waals surface area contributed by atoms with Gasteiger partial charge in [-0.3, -0.25) is 4.98 Å². The van der Waals surface area contributed by atoms with Gasteiger partial charge in [-0.25, -0.2) is 4.79 Å². The van der Waals surface area contributed by atoms with Gasteiger partial charge in [-0.2, -0.15) is 4.98 Å². The van der Waals surface area contributed by atoms with Crippen molar-refractivity contribution in [1.29, 1.82) is 0 Å². The molecule has 0 radical (unpaired) electrons. The Morgan fingerprint density at radius 2 is 2.25 bits per heavy atom. The molecule has 0 aliphatic rings. The van der Waals surface area contributed by atoms with Crippen molar-refractivity contribution in [2.45, 2.75) is 46.1 Å². The standard InChI is InChI=1S/C17H25N5O2/c1-5-16-20-15(21-24-16)8-10-19-17(23)22(4)13(3)11-14-12(2)7-6-9-18-14/h6-7,9,13H,5,8,10-11H2,1-4H3,(H,19,23)/t13-/m0/s1. The van der Waals surface area contributed by atoms with E-state index in [1.54, 1.807) is 18.1 Å². The third-order valence-electron chi connectivity index (χ3n) is 4.03. The summed E-state index contributed by atoms with van der Waals surface area (Å²) in [6.45, 7) is 6.48. The van der Waals surface area contributed by atoms with Crippen LogP contribution in [0.2, 0.25) is 0 Å². The van der Waals surface area contributed by atoms with Gasteiger partial charge in [0.15, 0.2) is 5.82 Å². The largest absolute Gasteiger partial charge is 0.339 e. The van der Waals surface area contributed by atoms with Gasteiger partial charge >= 0.3 is 6.03 Å². The number of nitrogens with zero attached hydrogens (tertiary/aromatic N) is 4. The van der Waals surface area contributed by atoms with E-state index in [4.69, 9.17) is 4.52 Å². The minimum atomic E-state index is -0.115. The summed E-state index contributed by atoms with van der Waals surface area (Å²) in [6.07, 6.45) is 3.77. The number of hydrogen-bond acceptors (Lipinski definition) is 5. The molecule has 2 rings (SSSR count). The average molecular weight is 331 g/mol. The maximum absolute atomic E-state index is 12.2. The fraction of sp³-hybridized carbons (Fsp3) is 0.529. The average Bonchev–Trinajstić information content (AvgIpc) is 3.04. The Bertz CT molecular complexity index is 671. The third-order valence-corrected chi connectivity index (χ3v) is 4.03. The van der Waals surface area contributed by atoms with Crippen molar-refractivity contribution in [2.75, 3.05) is 13.6 Å². The highest BCUT2D eigenvalue weighted by Crippen LogP contribution is 2.09. The van der Waals surface area contributed by atoms with Crippen molar-refractivity contribution in [3.63, 3.8) is 0 Å². The number of rotatable bonds is 7. The van der Waals surface area contributed by atoms with Crippen molar-refractivity contribution >= 4 is 6.03 Å². The molecule has 24 heavy (non-hydrogen) atoms. The first-order valence-corrected chi connectivity index (χ1v) is 8.23. The van der Waals surface area contributed by atoms with Crippen molar-refractivity contribution < 1.29 is 9.32 Å². The van der Waals surface area contributed by atoms with Crippen LogP contribution < -0.4 is 5.32 Å². The molecule has 7 nitrogen and oxygen atoms in total. The second-order valence-electron chi connectivity index (χ2n) is 5.87. The molecule has 130 valence electrons. The van der Waals surface area contributed by atoms with Crippen LogP contribution in [-0.2, 0) is 19.3 Å². The van der Waals surface area contributed by atoms with Crippen LogP contribution in [-0.4, -0.2) is 45.7 Å². The van der Waals surface area contributed by atoms with Crippen LogP contribution in [0.25, 0.3) is 0 Å². The minimum absolute atomic E-state index is 0.0514. The first kappa shape index (κ1) is 17.9. The molecule has 0 saturated heterocycles. The summed E-state index contributed by atoms with van der Waals surface area (Å²) < 4.78 is 5.04. The molecule has 0 saturated carbocycles. The Labute approximate surface area is 142 Å². The van der Waals surface area contributed by atoms with Crippen LogP contribution >= 0.6 is 0 Å². The van der Waals surface area contributed by atoms with Gasteiger partial charge in [0, 0.05) is 50.8 Å². The number of aryl methyl sites for hydroxylation is 2. The van der Waals surface area contributed by atoms with Crippen LogP contribution in [0, 0.1) is 6.92 Å². The van der Waals surface area contributed by atoms with E-state index >= 15 is 0 Å². The van der Waals surface area contributed by atoms with Crippen LogP contribution in [0.1, 0.15) is 36.8 Å². The SMILES string of the molecule is CCc1nc(CCNC(=O)N(C)[C@@H](C)Cc2ncccc2C)no1. The molecule has 0 aromatic carbocycles. The predicted octanol–water partition coefficient (Wildman–Crippen LogP) is 2.15. The second kappa shape index (κ2) is 8.42. The summed E-state index contributed by atoms with van der Waals surface area (Å²) in [5, 5.41) is 6.75. The monoisotopic (exact) mass is 331 g/mol. The lowest BCUT2D eigenvalue weighted by atomic mass is 10.1. The fourth-order valence-electron chi connectivity index (χ4n) is 2.29. The number of hydrogen-bond donors (Lipinski definition) is 1. The van der Waals surface area contributed by atoms with Crippen LogP contribution in [0.15, 0.2) is 22.9 Å². The van der Waals surface area contributed by atoms with Gasteiger partial charge in [0.25, 0.3) is 0 Å². The third kappa shape index (κ3) is 4.78. The zero-order valence-electron chi connectivity index (χ0n) is 14.7. The topological polar surface area (TPSA) is 84.2 Å². The van der Waals surface area contributed by atoms with Gasteiger partial charge in [-0.15, -0.1) is 0 Å². The summed E-state index contributed by atoms with van der Waals surface area (Å²) in [6, 6.07) is 3.89.